The van der Waals surface area contributed by atoms with Gasteiger partial charge in [0, 0.05) is 16.6 Å². The summed E-state index contributed by atoms with van der Waals surface area (Å²) in [5, 5.41) is 14.6. The molecule has 4 rings (SSSR count). The van der Waals surface area contributed by atoms with Crippen LogP contribution in [0.4, 0.5) is 0 Å². The molecule has 0 aliphatic heterocycles. The Morgan fingerprint density at radius 3 is 2.53 bits per heavy atom. The van der Waals surface area contributed by atoms with Crippen LogP contribution in [0.1, 0.15) is 50.6 Å². The number of rotatable bonds is 7. The summed E-state index contributed by atoms with van der Waals surface area (Å²) in [7, 11) is 0. The minimum atomic E-state index is -0.170. The fourth-order valence-corrected chi connectivity index (χ4v) is 4.82. The fraction of sp³-hybridized carbons (Fsp3) is 0.333. The van der Waals surface area contributed by atoms with Crippen molar-refractivity contribution >= 4 is 35.0 Å². The second-order valence-corrected chi connectivity index (χ2v) is 9.24. The predicted molar refractivity (Wildman–Crippen MR) is 130 cm³/mol. The van der Waals surface area contributed by atoms with E-state index in [0.717, 1.165) is 40.7 Å². The summed E-state index contributed by atoms with van der Waals surface area (Å²) < 4.78 is 2.21. The number of aromatic nitrogens is 3. The molecule has 1 heterocycles. The number of hydrogen-bond acceptors (Lipinski definition) is 5. The number of nitrogens with zero attached hydrogens (tertiary/aromatic N) is 4. The van der Waals surface area contributed by atoms with Crippen LogP contribution >= 0.6 is 23.4 Å². The molecular weight excluding hydrogens is 442 g/mol. The molecule has 1 aliphatic rings. The third kappa shape index (κ3) is 5.58. The van der Waals surface area contributed by atoms with Crippen molar-refractivity contribution in [2.75, 3.05) is 5.75 Å². The molecular formula is C24H26ClN5OS. The molecule has 0 atom stereocenters. The van der Waals surface area contributed by atoms with Crippen LogP contribution in [0.15, 0.2) is 64.9 Å². The van der Waals surface area contributed by atoms with E-state index in [1.807, 2.05) is 61.5 Å². The molecule has 166 valence electrons. The average molecular weight is 468 g/mol. The van der Waals surface area contributed by atoms with Crippen LogP contribution in [0.25, 0.3) is 11.4 Å². The fourth-order valence-electron chi connectivity index (χ4n) is 3.89. The van der Waals surface area contributed by atoms with E-state index in [4.69, 9.17) is 11.6 Å². The van der Waals surface area contributed by atoms with Gasteiger partial charge in [0.1, 0.15) is 0 Å². The van der Waals surface area contributed by atoms with Crippen molar-refractivity contribution in [2.24, 2.45) is 5.10 Å². The van der Waals surface area contributed by atoms with E-state index in [0.29, 0.717) is 11.1 Å². The van der Waals surface area contributed by atoms with Crippen molar-refractivity contribution < 1.29 is 4.79 Å². The molecule has 1 amide bonds. The van der Waals surface area contributed by atoms with Crippen LogP contribution < -0.4 is 5.43 Å². The highest BCUT2D eigenvalue weighted by Gasteiger charge is 2.24. The zero-order valence-electron chi connectivity index (χ0n) is 18.0. The first-order valence-corrected chi connectivity index (χ1v) is 12.2. The number of carbonyl (C=O) groups is 1. The molecule has 32 heavy (non-hydrogen) atoms. The summed E-state index contributed by atoms with van der Waals surface area (Å²) in [6.45, 7) is 1.88. The van der Waals surface area contributed by atoms with E-state index in [1.54, 1.807) is 0 Å². The van der Waals surface area contributed by atoms with Gasteiger partial charge in [0.05, 0.1) is 11.5 Å². The monoisotopic (exact) mass is 467 g/mol. The van der Waals surface area contributed by atoms with E-state index >= 15 is 0 Å². The Morgan fingerprint density at radius 1 is 1.09 bits per heavy atom. The molecule has 1 saturated carbocycles. The minimum absolute atomic E-state index is 0.170. The zero-order valence-corrected chi connectivity index (χ0v) is 19.6. The summed E-state index contributed by atoms with van der Waals surface area (Å²) in [4.78, 5) is 12.4. The summed E-state index contributed by atoms with van der Waals surface area (Å²) >= 11 is 7.46. The molecule has 1 fully saturated rings. The van der Waals surface area contributed by atoms with Crippen LogP contribution in [0.3, 0.4) is 0 Å². The van der Waals surface area contributed by atoms with Crippen molar-refractivity contribution in [3.63, 3.8) is 0 Å². The Morgan fingerprint density at radius 2 is 1.81 bits per heavy atom. The van der Waals surface area contributed by atoms with E-state index in [1.165, 1.54) is 31.0 Å². The van der Waals surface area contributed by atoms with Crippen LogP contribution in [0, 0.1) is 0 Å². The molecule has 1 aliphatic carbocycles. The van der Waals surface area contributed by atoms with Gasteiger partial charge in [-0.05, 0) is 49.6 Å². The molecule has 0 radical (unpaired) electrons. The van der Waals surface area contributed by atoms with Gasteiger partial charge < -0.3 is 0 Å². The summed E-state index contributed by atoms with van der Waals surface area (Å²) in [6, 6.07) is 17.8. The van der Waals surface area contributed by atoms with Crippen molar-refractivity contribution in [1.82, 2.24) is 20.2 Å². The molecule has 0 spiro atoms. The van der Waals surface area contributed by atoms with E-state index in [-0.39, 0.29) is 11.7 Å². The maximum Gasteiger partial charge on any atom is 0.250 e. The van der Waals surface area contributed by atoms with Gasteiger partial charge in [-0.2, -0.15) is 5.10 Å². The maximum atomic E-state index is 12.4. The van der Waals surface area contributed by atoms with Crippen LogP contribution in [0.5, 0.6) is 0 Å². The number of nitrogens with one attached hydrogen (secondary N) is 1. The normalized spacial score (nSPS) is 15.0. The van der Waals surface area contributed by atoms with Crippen LogP contribution in [-0.4, -0.2) is 32.1 Å². The van der Waals surface area contributed by atoms with Gasteiger partial charge in [-0.15, -0.1) is 10.2 Å². The van der Waals surface area contributed by atoms with Crippen molar-refractivity contribution in [1.29, 1.82) is 0 Å². The Hall–Kier alpha value is -2.64. The van der Waals surface area contributed by atoms with Crippen LogP contribution in [0.2, 0.25) is 5.02 Å². The Balaban J connectivity index is 1.48. The number of thioether (sulfide) groups is 1. The van der Waals surface area contributed by atoms with Crippen molar-refractivity contribution in [2.45, 2.75) is 50.2 Å². The molecule has 0 saturated heterocycles. The Kier molecular flexibility index (Phi) is 7.60. The first-order chi connectivity index (χ1) is 15.6. The largest absolute Gasteiger partial charge is 0.299 e. The molecule has 0 unspecified atom stereocenters. The molecule has 1 N–H and O–H groups in total. The lowest BCUT2D eigenvalue weighted by Crippen LogP contribution is -2.22. The van der Waals surface area contributed by atoms with Crippen molar-refractivity contribution in [3.05, 3.63) is 65.2 Å². The Bertz CT molecular complexity index is 1080. The number of hydrogen-bond donors (Lipinski definition) is 1. The second-order valence-electron chi connectivity index (χ2n) is 7.86. The number of benzene rings is 2. The third-order valence-corrected chi connectivity index (χ3v) is 6.77. The third-order valence-electron chi connectivity index (χ3n) is 5.58. The minimum Gasteiger partial charge on any atom is -0.299 e. The van der Waals surface area contributed by atoms with Gasteiger partial charge in [0.15, 0.2) is 11.0 Å². The molecule has 0 bridgehead atoms. The highest BCUT2D eigenvalue weighted by atomic mass is 35.5. The first kappa shape index (κ1) is 22.6. The average Bonchev–Trinajstić information content (AvgIpc) is 3.26. The molecule has 3 aromatic rings. The second kappa shape index (κ2) is 10.8. The van der Waals surface area contributed by atoms with Gasteiger partial charge >= 0.3 is 0 Å². The number of carbonyl (C=O) groups excluding carboxylic acids is 1. The van der Waals surface area contributed by atoms with Gasteiger partial charge in [-0.1, -0.05) is 73.0 Å². The van der Waals surface area contributed by atoms with E-state index in [2.05, 4.69) is 25.3 Å². The summed E-state index contributed by atoms with van der Waals surface area (Å²) in [6.07, 6.45) is 5.85. The number of hydrazone groups is 1. The molecule has 6 nitrogen and oxygen atoms in total. The van der Waals surface area contributed by atoms with Crippen LogP contribution in [-0.2, 0) is 4.79 Å². The van der Waals surface area contributed by atoms with Gasteiger partial charge in [0.2, 0.25) is 0 Å². The standard InChI is InChI=1S/C24H26ClN5OS/c1-17(18-8-4-2-5-9-18)26-27-22(31)16-32-24-29-28-23(19-12-14-20(25)15-13-19)30(24)21-10-6-3-7-11-21/h2,4-5,8-9,12-15,21H,3,6-7,10-11,16H2,1H3,(H,27,31)/b26-17+. The summed E-state index contributed by atoms with van der Waals surface area (Å²) in [5.41, 5.74) is 5.37. The molecule has 2 aromatic carbocycles. The highest BCUT2D eigenvalue weighted by Crippen LogP contribution is 2.35. The highest BCUT2D eigenvalue weighted by molar-refractivity contribution is 7.99. The lowest BCUT2D eigenvalue weighted by atomic mass is 9.95. The number of halogens is 1. The lowest BCUT2D eigenvalue weighted by molar-refractivity contribution is -0.118. The van der Waals surface area contributed by atoms with Gasteiger partial charge in [-0.3, -0.25) is 9.36 Å². The molecule has 8 heteroatoms. The van der Waals surface area contributed by atoms with E-state index < -0.39 is 0 Å². The first-order valence-electron chi connectivity index (χ1n) is 10.8. The SMILES string of the molecule is C/C(=N\NC(=O)CSc1nnc(-c2ccc(Cl)cc2)n1C1CCCCC1)c1ccccc1. The van der Waals surface area contributed by atoms with Crippen molar-refractivity contribution in [3.8, 4) is 11.4 Å². The maximum absolute atomic E-state index is 12.4. The quantitative estimate of drug-likeness (QED) is 0.273. The van der Waals surface area contributed by atoms with Gasteiger partial charge in [-0.25, -0.2) is 5.43 Å². The summed E-state index contributed by atoms with van der Waals surface area (Å²) in [5.74, 6) is 0.878. The number of amides is 1. The van der Waals surface area contributed by atoms with Gasteiger partial charge in [0.25, 0.3) is 5.91 Å². The smallest absolute Gasteiger partial charge is 0.250 e. The lowest BCUT2D eigenvalue weighted by Gasteiger charge is -2.25. The zero-order chi connectivity index (χ0) is 22.3. The van der Waals surface area contributed by atoms with E-state index in [9.17, 15) is 4.79 Å². The predicted octanol–water partition coefficient (Wildman–Crippen LogP) is 5.74. The topological polar surface area (TPSA) is 72.2 Å². The Labute approximate surface area is 197 Å². The molecule has 1 aromatic heterocycles.